The number of fused-ring (bicyclic) bond motifs is 1. The van der Waals surface area contributed by atoms with Crippen molar-refractivity contribution in [1.29, 1.82) is 0 Å². The average Bonchev–Trinajstić information content (AvgIpc) is 2.72. The lowest BCUT2D eigenvalue weighted by Gasteiger charge is -2.28. The first-order valence-corrected chi connectivity index (χ1v) is 6.79. The van der Waals surface area contributed by atoms with Crippen molar-refractivity contribution < 1.29 is 19.9 Å². The molecule has 0 fully saturated rings. The van der Waals surface area contributed by atoms with Gasteiger partial charge in [0.1, 0.15) is 5.54 Å². The highest BCUT2D eigenvalue weighted by Crippen LogP contribution is 2.43. The van der Waals surface area contributed by atoms with Crippen LogP contribution in [0.4, 0.5) is 5.69 Å². The maximum atomic E-state index is 11.7. The van der Waals surface area contributed by atoms with E-state index < -0.39 is 18.6 Å². The zero-order valence-electron chi connectivity index (χ0n) is 11.5. The molecule has 0 unspecified atom stereocenters. The summed E-state index contributed by atoms with van der Waals surface area (Å²) in [7, 11) is -1.39. The molecular formula is C14H17BN2O4. The molecule has 5 N–H and O–H groups in total. The molecule has 1 aliphatic carbocycles. The van der Waals surface area contributed by atoms with Crippen LogP contribution < -0.4 is 5.73 Å². The number of hydrogen-bond donors (Lipinski definition) is 4. The van der Waals surface area contributed by atoms with Crippen LogP contribution in [0, 0.1) is 12.5 Å². The van der Waals surface area contributed by atoms with Crippen molar-refractivity contribution in [3.63, 3.8) is 0 Å². The Kier molecular flexibility index (Phi) is 4.33. The number of hydrogen-bond acceptors (Lipinski definition) is 4. The summed E-state index contributed by atoms with van der Waals surface area (Å²) in [5.74, 6) is -1.43. The molecular weight excluding hydrogens is 271 g/mol. The Bertz CT molecular complexity index is 599. The van der Waals surface area contributed by atoms with E-state index in [2.05, 4.69) is 4.85 Å². The first-order chi connectivity index (χ1) is 9.89. The van der Waals surface area contributed by atoms with Gasteiger partial charge >= 0.3 is 13.1 Å². The van der Waals surface area contributed by atoms with Crippen molar-refractivity contribution in [1.82, 2.24) is 0 Å². The van der Waals surface area contributed by atoms with Crippen LogP contribution >= 0.6 is 0 Å². The van der Waals surface area contributed by atoms with Gasteiger partial charge in [-0.05, 0) is 36.2 Å². The highest BCUT2D eigenvalue weighted by molar-refractivity contribution is 6.40. The number of aliphatic carboxylic acids is 1. The van der Waals surface area contributed by atoms with E-state index in [1.807, 2.05) is 0 Å². The van der Waals surface area contributed by atoms with Crippen molar-refractivity contribution in [3.8, 4) is 0 Å². The molecule has 0 radical (unpaired) electrons. The highest BCUT2D eigenvalue weighted by Gasteiger charge is 2.49. The molecule has 0 heterocycles. The second-order valence-corrected chi connectivity index (χ2v) is 5.44. The van der Waals surface area contributed by atoms with E-state index >= 15 is 0 Å². The Morgan fingerprint density at radius 1 is 1.52 bits per heavy atom. The SMILES string of the molecule is [C-]#[N+]c1ccc2c(c1)[C@@](N)(C(=O)O)[C@@H](CCCB(O)O)C2. The maximum absolute atomic E-state index is 11.7. The summed E-state index contributed by atoms with van der Waals surface area (Å²) >= 11 is 0. The molecule has 110 valence electrons. The van der Waals surface area contributed by atoms with E-state index in [-0.39, 0.29) is 12.2 Å². The van der Waals surface area contributed by atoms with Crippen LogP contribution in [0.5, 0.6) is 0 Å². The Morgan fingerprint density at radius 2 is 2.24 bits per heavy atom. The molecule has 0 aliphatic heterocycles. The van der Waals surface area contributed by atoms with Gasteiger partial charge in [0.05, 0.1) is 6.57 Å². The predicted octanol–water partition coefficient (Wildman–Crippen LogP) is 0.901. The van der Waals surface area contributed by atoms with Gasteiger partial charge in [-0.1, -0.05) is 24.6 Å². The van der Waals surface area contributed by atoms with Crippen molar-refractivity contribution in [2.75, 3.05) is 0 Å². The standard InChI is InChI=1S/C14H17BN2O4/c1-17-11-5-4-9-7-10(3-2-6-15(20)21)14(16,13(18)19)12(9)8-11/h4-5,8,10,20-21H,2-3,6-7,16H2,(H,18,19)/t10-,14+/m0/s1. The Balaban J connectivity index is 2.30. The first-order valence-electron chi connectivity index (χ1n) is 6.79. The minimum absolute atomic E-state index is 0.190. The van der Waals surface area contributed by atoms with E-state index in [1.165, 1.54) is 0 Å². The lowest BCUT2D eigenvalue weighted by Crippen LogP contribution is -2.48. The maximum Gasteiger partial charge on any atom is 0.451 e. The predicted molar refractivity (Wildman–Crippen MR) is 77.6 cm³/mol. The van der Waals surface area contributed by atoms with E-state index in [0.717, 1.165) is 5.56 Å². The van der Waals surface area contributed by atoms with Crippen molar-refractivity contribution in [2.24, 2.45) is 11.7 Å². The Labute approximate surface area is 123 Å². The summed E-state index contributed by atoms with van der Waals surface area (Å²) in [5, 5.41) is 27.3. The molecule has 2 atom stereocenters. The monoisotopic (exact) mass is 288 g/mol. The number of carbonyl (C=O) groups is 1. The lowest BCUT2D eigenvalue weighted by molar-refractivity contribution is -0.145. The zero-order chi connectivity index (χ0) is 15.6. The first kappa shape index (κ1) is 15.5. The van der Waals surface area contributed by atoms with Crippen molar-refractivity contribution >= 4 is 18.8 Å². The lowest BCUT2D eigenvalue weighted by atomic mass is 9.77. The third kappa shape index (κ3) is 2.79. The van der Waals surface area contributed by atoms with Gasteiger partial charge in [-0.3, -0.25) is 0 Å². The van der Waals surface area contributed by atoms with Gasteiger partial charge < -0.3 is 20.9 Å². The Morgan fingerprint density at radius 3 is 2.81 bits per heavy atom. The average molecular weight is 288 g/mol. The largest absolute Gasteiger partial charge is 0.480 e. The molecule has 0 saturated heterocycles. The summed E-state index contributed by atoms with van der Waals surface area (Å²) < 4.78 is 0. The van der Waals surface area contributed by atoms with Crippen LogP contribution in [0.15, 0.2) is 18.2 Å². The molecule has 0 saturated carbocycles. The number of nitrogens with zero attached hydrogens (tertiary/aromatic N) is 1. The fraction of sp³-hybridized carbons (Fsp3) is 0.429. The number of rotatable bonds is 5. The number of carboxylic acid groups (broad SMARTS) is 1. The van der Waals surface area contributed by atoms with Crippen LogP contribution in [0.3, 0.4) is 0 Å². The second kappa shape index (κ2) is 5.86. The number of nitrogens with two attached hydrogens (primary N) is 1. The number of carboxylic acids is 1. The molecule has 1 aromatic rings. The smallest absolute Gasteiger partial charge is 0.451 e. The topological polar surface area (TPSA) is 108 Å². The van der Waals surface area contributed by atoms with Crippen LogP contribution in [-0.4, -0.2) is 28.2 Å². The molecule has 7 heteroatoms. The molecule has 0 spiro atoms. The van der Waals surface area contributed by atoms with Gasteiger partial charge in [0, 0.05) is 0 Å². The van der Waals surface area contributed by atoms with Gasteiger partial charge in [-0.15, -0.1) is 0 Å². The zero-order valence-corrected chi connectivity index (χ0v) is 11.5. The summed E-state index contributed by atoms with van der Waals surface area (Å²) in [6.45, 7) is 7.03. The van der Waals surface area contributed by atoms with Gasteiger partial charge in [0.15, 0.2) is 5.69 Å². The summed E-state index contributed by atoms with van der Waals surface area (Å²) in [6.07, 6.45) is 1.69. The van der Waals surface area contributed by atoms with Gasteiger partial charge in [0.2, 0.25) is 0 Å². The molecule has 0 bridgehead atoms. The van der Waals surface area contributed by atoms with Gasteiger partial charge in [-0.2, -0.15) is 0 Å². The third-order valence-corrected chi connectivity index (χ3v) is 4.15. The van der Waals surface area contributed by atoms with Crippen LogP contribution in [0.25, 0.3) is 4.85 Å². The second-order valence-electron chi connectivity index (χ2n) is 5.44. The molecule has 1 aliphatic rings. The highest BCUT2D eigenvalue weighted by atomic mass is 16.4. The van der Waals surface area contributed by atoms with Crippen LogP contribution in [0.1, 0.15) is 24.0 Å². The van der Waals surface area contributed by atoms with E-state index in [9.17, 15) is 9.90 Å². The third-order valence-electron chi connectivity index (χ3n) is 4.15. The summed E-state index contributed by atoms with van der Waals surface area (Å²) in [5.41, 5.74) is 6.37. The summed E-state index contributed by atoms with van der Waals surface area (Å²) in [6, 6.07) is 4.97. The van der Waals surface area contributed by atoms with E-state index in [0.29, 0.717) is 30.5 Å². The van der Waals surface area contributed by atoms with Gasteiger partial charge in [-0.25, -0.2) is 9.64 Å². The van der Waals surface area contributed by atoms with Gasteiger partial charge in [0.25, 0.3) is 0 Å². The fourth-order valence-electron chi connectivity index (χ4n) is 3.01. The fourth-order valence-corrected chi connectivity index (χ4v) is 3.01. The number of benzene rings is 1. The molecule has 0 aromatic heterocycles. The molecule has 6 nitrogen and oxygen atoms in total. The molecule has 21 heavy (non-hydrogen) atoms. The van der Waals surface area contributed by atoms with Crippen molar-refractivity contribution in [3.05, 3.63) is 40.7 Å². The minimum atomic E-state index is -1.52. The summed E-state index contributed by atoms with van der Waals surface area (Å²) in [4.78, 5) is 15.0. The minimum Gasteiger partial charge on any atom is -0.480 e. The molecule has 1 aromatic carbocycles. The van der Waals surface area contributed by atoms with Crippen LogP contribution in [-0.2, 0) is 16.8 Å². The van der Waals surface area contributed by atoms with Crippen molar-refractivity contribution in [2.45, 2.75) is 31.1 Å². The van der Waals surface area contributed by atoms with E-state index in [4.69, 9.17) is 22.4 Å². The van der Waals surface area contributed by atoms with E-state index in [1.54, 1.807) is 18.2 Å². The Hall–Kier alpha value is -1.88. The van der Waals surface area contributed by atoms with Crippen LogP contribution in [0.2, 0.25) is 6.32 Å². The molecule has 2 rings (SSSR count). The molecule has 0 amide bonds. The normalized spacial score (nSPS) is 23.4. The quantitative estimate of drug-likeness (QED) is 0.475.